The second-order valence-electron chi connectivity index (χ2n) is 6.58. The van der Waals surface area contributed by atoms with Crippen molar-refractivity contribution in [2.45, 2.75) is 18.9 Å². The van der Waals surface area contributed by atoms with E-state index in [0.29, 0.717) is 22.7 Å². The van der Waals surface area contributed by atoms with E-state index in [1.165, 1.54) is 0 Å². The molecular formula is C18H20ClN5O2. The lowest BCUT2D eigenvalue weighted by molar-refractivity contribution is 0.0817. The standard InChI is InChI=1S/C18H20ClN5O2/c1-23-10-7-20-17(23)15(25)12-5-8-24(9-6-12)18-21-16(22-26-18)13-3-2-4-14(19)11-13/h2-4,7,10-12,15,25H,5-6,8-9H2,1H3. The third-order valence-electron chi connectivity index (χ3n) is 4.88. The first-order chi connectivity index (χ1) is 12.6. The summed E-state index contributed by atoms with van der Waals surface area (Å²) in [6.07, 6.45) is 4.68. The van der Waals surface area contributed by atoms with Gasteiger partial charge in [0, 0.05) is 43.1 Å². The van der Waals surface area contributed by atoms with Crippen molar-refractivity contribution in [2.24, 2.45) is 13.0 Å². The fourth-order valence-electron chi connectivity index (χ4n) is 3.37. The molecule has 1 N–H and O–H groups in total. The van der Waals surface area contributed by atoms with Gasteiger partial charge >= 0.3 is 6.01 Å². The van der Waals surface area contributed by atoms with Crippen molar-refractivity contribution in [3.63, 3.8) is 0 Å². The quantitative estimate of drug-likeness (QED) is 0.757. The van der Waals surface area contributed by atoms with Gasteiger partial charge in [-0.25, -0.2) is 4.98 Å². The van der Waals surface area contributed by atoms with Crippen LogP contribution in [0.4, 0.5) is 6.01 Å². The minimum atomic E-state index is -0.554. The fraction of sp³-hybridized carbons (Fsp3) is 0.389. The van der Waals surface area contributed by atoms with Crippen molar-refractivity contribution in [3.05, 3.63) is 47.5 Å². The third-order valence-corrected chi connectivity index (χ3v) is 5.11. The summed E-state index contributed by atoms with van der Waals surface area (Å²) in [5.74, 6) is 1.41. The van der Waals surface area contributed by atoms with Crippen LogP contribution in [0.15, 0.2) is 41.2 Å². The first-order valence-electron chi connectivity index (χ1n) is 8.61. The van der Waals surface area contributed by atoms with Gasteiger partial charge in [0.2, 0.25) is 5.82 Å². The molecule has 1 saturated heterocycles. The van der Waals surface area contributed by atoms with Crippen molar-refractivity contribution in [1.82, 2.24) is 19.7 Å². The van der Waals surface area contributed by atoms with Gasteiger partial charge in [0.15, 0.2) is 0 Å². The number of aliphatic hydroxyl groups is 1. The van der Waals surface area contributed by atoms with Crippen LogP contribution in [0.25, 0.3) is 11.4 Å². The number of nitrogens with zero attached hydrogens (tertiary/aromatic N) is 5. The molecule has 0 saturated carbocycles. The number of hydrogen-bond donors (Lipinski definition) is 1. The van der Waals surface area contributed by atoms with E-state index in [-0.39, 0.29) is 5.92 Å². The molecular weight excluding hydrogens is 354 g/mol. The molecule has 0 aliphatic carbocycles. The van der Waals surface area contributed by atoms with Crippen molar-refractivity contribution in [1.29, 1.82) is 0 Å². The van der Waals surface area contributed by atoms with E-state index in [9.17, 15) is 5.11 Å². The minimum Gasteiger partial charge on any atom is -0.385 e. The number of halogens is 1. The number of aryl methyl sites for hydroxylation is 1. The lowest BCUT2D eigenvalue weighted by atomic mass is 9.91. The topological polar surface area (TPSA) is 80.2 Å². The zero-order valence-corrected chi connectivity index (χ0v) is 15.2. The second-order valence-corrected chi connectivity index (χ2v) is 7.01. The summed E-state index contributed by atoms with van der Waals surface area (Å²) >= 11 is 6.02. The lowest BCUT2D eigenvalue weighted by Gasteiger charge is -2.32. The van der Waals surface area contributed by atoms with E-state index in [1.807, 2.05) is 42.1 Å². The maximum absolute atomic E-state index is 10.6. The molecule has 8 heteroatoms. The van der Waals surface area contributed by atoms with E-state index >= 15 is 0 Å². The van der Waals surface area contributed by atoms with E-state index < -0.39 is 6.10 Å². The molecule has 0 amide bonds. The summed E-state index contributed by atoms with van der Waals surface area (Å²) in [6, 6.07) is 7.88. The highest BCUT2D eigenvalue weighted by Crippen LogP contribution is 2.32. The first-order valence-corrected chi connectivity index (χ1v) is 8.99. The lowest BCUT2D eigenvalue weighted by Crippen LogP contribution is -2.36. The van der Waals surface area contributed by atoms with Crippen LogP contribution in [0.2, 0.25) is 5.02 Å². The van der Waals surface area contributed by atoms with Gasteiger partial charge in [-0.05, 0) is 30.9 Å². The highest BCUT2D eigenvalue weighted by molar-refractivity contribution is 6.30. The SMILES string of the molecule is Cn1ccnc1C(O)C1CCN(c2nc(-c3cccc(Cl)c3)no2)CC1. The van der Waals surface area contributed by atoms with Gasteiger partial charge < -0.3 is 19.1 Å². The van der Waals surface area contributed by atoms with E-state index in [0.717, 1.165) is 31.5 Å². The molecule has 0 bridgehead atoms. The number of piperidine rings is 1. The van der Waals surface area contributed by atoms with Gasteiger partial charge in [-0.1, -0.05) is 28.9 Å². The van der Waals surface area contributed by atoms with Gasteiger partial charge in [-0.3, -0.25) is 0 Å². The Kier molecular flexibility index (Phi) is 4.65. The van der Waals surface area contributed by atoms with Crippen molar-refractivity contribution < 1.29 is 9.63 Å². The molecule has 0 spiro atoms. The predicted octanol–water partition coefficient (Wildman–Crippen LogP) is 3.07. The summed E-state index contributed by atoms with van der Waals surface area (Å²) < 4.78 is 7.30. The summed E-state index contributed by atoms with van der Waals surface area (Å²) in [6.45, 7) is 1.51. The number of hydrogen-bond acceptors (Lipinski definition) is 6. The predicted molar refractivity (Wildman–Crippen MR) is 97.8 cm³/mol. The molecule has 2 aromatic heterocycles. The Morgan fingerprint density at radius 3 is 2.81 bits per heavy atom. The van der Waals surface area contributed by atoms with Crippen LogP contribution in [-0.4, -0.2) is 37.9 Å². The van der Waals surface area contributed by atoms with E-state index in [2.05, 4.69) is 20.0 Å². The Bertz CT molecular complexity index is 885. The number of rotatable bonds is 4. The molecule has 1 aromatic carbocycles. The molecule has 1 aliphatic heterocycles. The third kappa shape index (κ3) is 3.32. The number of aromatic nitrogens is 4. The average Bonchev–Trinajstić information content (AvgIpc) is 3.30. The summed E-state index contributed by atoms with van der Waals surface area (Å²) in [5, 5.41) is 15.3. The summed E-state index contributed by atoms with van der Waals surface area (Å²) in [5.41, 5.74) is 0.826. The van der Waals surface area contributed by atoms with Crippen LogP contribution in [0.1, 0.15) is 24.8 Å². The van der Waals surface area contributed by atoms with Crippen LogP contribution in [0, 0.1) is 5.92 Å². The molecule has 7 nitrogen and oxygen atoms in total. The molecule has 136 valence electrons. The molecule has 4 rings (SSSR count). The van der Waals surface area contributed by atoms with Crippen LogP contribution in [-0.2, 0) is 7.05 Å². The van der Waals surface area contributed by atoms with Gasteiger partial charge in [-0.2, -0.15) is 4.98 Å². The van der Waals surface area contributed by atoms with Crippen LogP contribution < -0.4 is 4.90 Å². The van der Waals surface area contributed by atoms with Gasteiger partial charge in [-0.15, -0.1) is 0 Å². The van der Waals surface area contributed by atoms with Crippen molar-refractivity contribution in [2.75, 3.05) is 18.0 Å². The zero-order valence-electron chi connectivity index (χ0n) is 14.4. The molecule has 3 heterocycles. The van der Waals surface area contributed by atoms with Crippen molar-refractivity contribution in [3.8, 4) is 11.4 Å². The van der Waals surface area contributed by atoms with E-state index in [1.54, 1.807) is 6.20 Å². The summed E-state index contributed by atoms with van der Waals surface area (Å²) in [4.78, 5) is 10.8. The maximum atomic E-state index is 10.6. The minimum absolute atomic E-state index is 0.169. The van der Waals surface area contributed by atoms with Gasteiger partial charge in [0.1, 0.15) is 11.9 Å². The van der Waals surface area contributed by atoms with Crippen LogP contribution >= 0.6 is 11.6 Å². The number of benzene rings is 1. The normalized spacial score (nSPS) is 16.8. The molecule has 26 heavy (non-hydrogen) atoms. The van der Waals surface area contributed by atoms with Crippen molar-refractivity contribution >= 4 is 17.6 Å². The van der Waals surface area contributed by atoms with Gasteiger partial charge in [0.05, 0.1) is 0 Å². The highest BCUT2D eigenvalue weighted by atomic mass is 35.5. The van der Waals surface area contributed by atoms with E-state index in [4.69, 9.17) is 16.1 Å². The first kappa shape index (κ1) is 17.1. The Morgan fingerprint density at radius 1 is 1.31 bits per heavy atom. The molecule has 1 fully saturated rings. The molecule has 1 aliphatic rings. The average molecular weight is 374 g/mol. The highest BCUT2D eigenvalue weighted by Gasteiger charge is 2.30. The monoisotopic (exact) mass is 373 g/mol. The molecule has 0 radical (unpaired) electrons. The molecule has 1 atom stereocenters. The largest absolute Gasteiger partial charge is 0.385 e. The Balaban J connectivity index is 1.42. The molecule has 3 aromatic rings. The fourth-order valence-corrected chi connectivity index (χ4v) is 3.56. The van der Waals surface area contributed by atoms with Gasteiger partial charge in [0.25, 0.3) is 0 Å². The van der Waals surface area contributed by atoms with Crippen LogP contribution in [0.3, 0.4) is 0 Å². The Hall–Kier alpha value is -2.38. The second kappa shape index (κ2) is 7.09. The Morgan fingerprint density at radius 2 is 2.12 bits per heavy atom. The van der Waals surface area contributed by atoms with Crippen LogP contribution in [0.5, 0.6) is 0 Å². The number of imidazole rings is 1. The maximum Gasteiger partial charge on any atom is 0.324 e. The zero-order chi connectivity index (χ0) is 18.1. The molecule has 1 unspecified atom stereocenters. The smallest absolute Gasteiger partial charge is 0.324 e. The Labute approximate surface area is 156 Å². The number of anilines is 1. The summed E-state index contributed by atoms with van der Waals surface area (Å²) in [7, 11) is 1.90. The number of aliphatic hydroxyl groups excluding tert-OH is 1.